The number of hydrogen-bond acceptors (Lipinski definition) is 4. The maximum Gasteiger partial charge on any atom is 0.277 e. The topological polar surface area (TPSA) is 76.8 Å². The van der Waals surface area contributed by atoms with Crippen LogP contribution in [0.15, 0.2) is 48.8 Å². The van der Waals surface area contributed by atoms with E-state index >= 15 is 0 Å². The fourth-order valence-electron chi connectivity index (χ4n) is 3.29. The van der Waals surface area contributed by atoms with Gasteiger partial charge in [0.15, 0.2) is 5.69 Å². The third kappa shape index (κ3) is 4.04. The van der Waals surface area contributed by atoms with Gasteiger partial charge < -0.3 is 10.6 Å². The first-order valence-corrected chi connectivity index (χ1v) is 8.89. The second kappa shape index (κ2) is 8.37. The summed E-state index contributed by atoms with van der Waals surface area (Å²) in [6.45, 7) is 3.96. The van der Waals surface area contributed by atoms with Crippen LogP contribution in [0.5, 0.6) is 0 Å². The molecule has 1 aliphatic heterocycles. The van der Waals surface area contributed by atoms with E-state index in [2.05, 4.69) is 20.8 Å². The molecule has 0 spiro atoms. The molecule has 0 bridgehead atoms. The number of halogens is 1. The Morgan fingerprint density at radius 1 is 1.26 bits per heavy atom. The number of aryl methyl sites for hydroxylation is 1. The zero-order valence-corrected chi connectivity index (χ0v) is 15.9. The van der Waals surface area contributed by atoms with Gasteiger partial charge in [0.05, 0.1) is 17.9 Å². The van der Waals surface area contributed by atoms with Crippen molar-refractivity contribution in [2.24, 2.45) is 0 Å². The Hall–Kier alpha value is -2.64. The summed E-state index contributed by atoms with van der Waals surface area (Å²) in [4.78, 5) is 12.6. The molecule has 4 rings (SSSR count). The number of carbonyl (C=O) groups is 1. The summed E-state index contributed by atoms with van der Waals surface area (Å²) in [6, 6.07) is 11.8. The smallest absolute Gasteiger partial charge is 0.277 e. The van der Waals surface area contributed by atoms with Crippen LogP contribution in [-0.2, 0) is 0 Å². The molecule has 3 aromatic rings. The van der Waals surface area contributed by atoms with Crippen molar-refractivity contribution in [3.05, 3.63) is 60.0 Å². The molecular weight excluding hydrogens is 364 g/mol. The summed E-state index contributed by atoms with van der Waals surface area (Å²) in [5, 5.41) is 15.1. The number of aromatic nitrogens is 4. The second-order valence-electron chi connectivity index (χ2n) is 6.55. The number of amides is 1. The van der Waals surface area contributed by atoms with E-state index in [1.54, 1.807) is 23.0 Å². The van der Waals surface area contributed by atoms with Crippen LogP contribution in [0.4, 0.5) is 5.82 Å². The lowest BCUT2D eigenvalue weighted by atomic mass is 10.1. The van der Waals surface area contributed by atoms with Gasteiger partial charge in [-0.1, -0.05) is 18.2 Å². The molecular formula is C19H23ClN6O. The van der Waals surface area contributed by atoms with Gasteiger partial charge in [-0.05, 0) is 44.0 Å². The van der Waals surface area contributed by atoms with E-state index in [1.165, 1.54) is 0 Å². The van der Waals surface area contributed by atoms with Crippen molar-refractivity contribution in [2.45, 2.75) is 25.8 Å². The average Bonchev–Trinajstić information content (AvgIpc) is 3.33. The SMILES string of the molecule is Cc1ccccc1-n1nccc1NC(=O)c1ccn(C2CCCNC2)n1.Cl. The van der Waals surface area contributed by atoms with Crippen LogP contribution >= 0.6 is 12.4 Å². The lowest BCUT2D eigenvalue weighted by Crippen LogP contribution is -2.32. The van der Waals surface area contributed by atoms with Crippen LogP contribution in [-0.4, -0.2) is 38.6 Å². The van der Waals surface area contributed by atoms with Crippen molar-refractivity contribution in [3.8, 4) is 5.69 Å². The molecule has 8 heteroatoms. The Labute approximate surface area is 164 Å². The molecule has 27 heavy (non-hydrogen) atoms. The minimum Gasteiger partial charge on any atom is -0.315 e. The van der Waals surface area contributed by atoms with E-state index in [0.717, 1.165) is 37.2 Å². The largest absolute Gasteiger partial charge is 0.315 e. The van der Waals surface area contributed by atoms with Crippen molar-refractivity contribution >= 4 is 24.1 Å². The van der Waals surface area contributed by atoms with E-state index in [-0.39, 0.29) is 18.3 Å². The summed E-state index contributed by atoms with van der Waals surface area (Å²) in [6.07, 6.45) is 5.76. The molecule has 7 nitrogen and oxygen atoms in total. The van der Waals surface area contributed by atoms with Gasteiger partial charge in [-0.2, -0.15) is 10.2 Å². The predicted octanol–water partition coefficient (Wildman–Crippen LogP) is 2.98. The molecule has 3 heterocycles. The molecule has 1 fully saturated rings. The number of rotatable bonds is 4. The van der Waals surface area contributed by atoms with Crippen LogP contribution in [0.1, 0.15) is 34.9 Å². The number of anilines is 1. The Kier molecular flexibility index (Phi) is 5.93. The number of piperidine rings is 1. The first-order valence-electron chi connectivity index (χ1n) is 8.89. The van der Waals surface area contributed by atoms with Crippen LogP contribution in [0, 0.1) is 6.92 Å². The molecule has 1 saturated heterocycles. The van der Waals surface area contributed by atoms with E-state index in [1.807, 2.05) is 42.1 Å². The fourth-order valence-corrected chi connectivity index (χ4v) is 3.29. The monoisotopic (exact) mass is 386 g/mol. The van der Waals surface area contributed by atoms with Gasteiger partial charge in [0.25, 0.3) is 5.91 Å². The van der Waals surface area contributed by atoms with Gasteiger partial charge >= 0.3 is 0 Å². The fraction of sp³-hybridized carbons (Fsp3) is 0.316. The van der Waals surface area contributed by atoms with Crippen molar-refractivity contribution in [3.63, 3.8) is 0 Å². The number of benzene rings is 1. The van der Waals surface area contributed by atoms with Crippen molar-refractivity contribution in [1.82, 2.24) is 24.9 Å². The summed E-state index contributed by atoms with van der Waals surface area (Å²) in [5.74, 6) is 0.390. The van der Waals surface area contributed by atoms with Crippen LogP contribution in [0.2, 0.25) is 0 Å². The summed E-state index contributed by atoms with van der Waals surface area (Å²) in [7, 11) is 0. The lowest BCUT2D eigenvalue weighted by Gasteiger charge is -2.22. The standard InChI is InChI=1S/C19H22N6O.ClH/c1-14-5-2-3-7-17(14)25-18(8-11-21-25)22-19(26)16-9-12-24(23-16)15-6-4-10-20-13-15;/h2-3,5,7-9,11-12,15,20H,4,6,10,13H2,1H3,(H,22,26);1H. The molecule has 0 aliphatic carbocycles. The van der Waals surface area contributed by atoms with Crippen molar-refractivity contribution < 1.29 is 4.79 Å². The maximum absolute atomic E-state index is 12.6. The number of nitrogens with zero attached hydrogens (tertiary/aromatic N) is 4. The van der Waals surface area contributed by atoms with E-state index in [4.69, 9.17) is 0 Å². The highest BCUT2D eigenvalue weighted by Crippen LogP contribution is 2.19. The van der Waals surface area contributed by atoms with Crippen molar-refractivity contribution in [1.29, 1.82) is 0 Å². The zero-order valence-electron chi connectivity index (χ0n) is 15.1. The van der Waals surface area contributed by atoms with Crippen molar-refractivity contribution in [2.75, 3.05) is 18.4 Å². The van der Waals surface area contributed by atoms with Crippen LogP contribution in [0.3, 0.4) is 0 Å². The molecule has 2 N–H and O–H groups in total. The summed E-state index contributed by atoms with van der Waals surface area (Å²) in [5.41, 5.74) is 2.43. The first-order chi connectivity index (χ1) is 12.7. The van der Waals surface area contributed by atoms with E-state index in [9.17, 15) is 4.79 Å². The number of nitrogens with one attached hydrogen (secondary N) is 2. The minimum atomic E-state index is -0.233. The lowest BCUT2D eigenvalue weighted by molar-refractivity contribution is 0.102. The molecule has 1 unspecified atom stereocenters. The third-order valence-electron chi connectivity index (χ3n) is 4.71. The number of para-hydroxylation sites is 1. The normalized spacial score (nSPS) is 16.6. The Morgan fingerprint density at radius 2 is 2.11 bits per heavy atom. The zero-order chi connectivity index (χ0) is 17.9. The Morgan fingerprint density at radius 3 is 2.89 bits per heavy atom. The molecule has 1 atom stereocenters. The highest BCUT2D eigenvalue weighted by Gasteiger charge is 2.18. The van der Waals surface area contributed by atoms with Gasteiger partial charge in [0.1, 0.15) is 5.82 Å². The van der Waals surface area contributed by atoms with Gasteiger partial charge in [0, 0.05) is 18.8 Å². The highest BCUT2D eigenvalue weighted by atomic mass is 35.5. The Balaban J connectivity index is 0.00000210. The third-order valence-corrected chi connectivity index (χ3v) is 4.71. The molecule has 142 valence electrons. The minimum absolute atomic E-state index is 0. The van der Waals surface area contributed by atoms with Gasteiger partial charge in [-0.15, -0.1) is 12.4 Å². The molecule has 0 radical (unpaired) electrons. The summed E-state index contributed by atoms with van der Waals surface area (Å²) < 4.78 is 3.62. The Bertz CT molecular complexity index is 912. The molecule has 0 saturated carbocycles. The van der Waals surface area contributed by atoms with E-state index in [0.29, 0.717) is 17.6 Å². The summed E-state index contributed by atoms with van der Waals surface area (Å²) >= 11 is 0. The maximum atomic E-state index is 12.6. The molecule has 1 aliphatic rings. The second-order valence-corrected chi connectivity index (χ2v) is 6.55. The van der Waals surface area contributed by atoms with Gasteiger partial charge in [-0.3, -0.25) is 9.48 Å². The number of carbonyl (C=O) groups excluding carboxylic acids is 1. The van der Waals surface area contributed by atoms with Crippen LogP contribution < -0.4 is 10.6 Å². The molecule has 1 amide bonds. The predicted molar refractivity (Wildman–Crippen MR) is 107 cm³/mol. The van der Waals surface area contributed by atoms with E-state index < -0.39 is 0 Å². The molecule has 2 aromatic heterocycles. The number of hydrogen-bond donors (Lipinski definition) is 2. The highest BCUT2D eigenvalue weighted by molar-refractivity contribution is 6.02. The van der Waals surface area contributed by atoms with Crippen LogP contribution in [0.25, 0.3) is 5.69 Å². The van der Waals surface area contributed by atoms with Gasteiger partial charge in [-0.25, -0.2) is 4.68 Å². The molecule has 1 aromatic carbocycles. The quantitative estimate of drug-likeness (QED) is 0.722. The van der Waals surface area contributed by atoms with Gasteiger partial charge in [0.2, 0.25) is 0 Å². The first kappa shape index (κ1) is 19.1. The average molecular weight is 387 g/mol.